The Morgan fingerprint density at radius 3 is 2.23 bits per heavy atom. The summed E-state index contributed by atoms with van der Waals surface area (Å²) >= 11 is 0. The number of ether oxygens (including phenoxy) is 1. The molecule has 26 heavy (non-hydrogen) atoms. The zero-order valence-electron chi connectivity index (χ0n) is 17.1. The van der Waals surface area contributed by atoms with Gasteiger partial charge in [0.2, 0.25) is 5.91 Å². The Morgan fingerprint density at radius 1 is 1.04 bits per heavy atom. The quantitative estimate of drug-likeness (QED) is 0.759. The molecule has 2 rings (SSSR count). The van der Waals surface area contributed by atoms with E-state index in [4.69, 9.17) is 4.74 Å². The lowest BCUT2D eigenvalue weighted by molar-refractivity contribution is -0.126. The normalized spacial score (nSPS) is 20.8. The van der Waals surface area contributed by atoms with Gasteiger partial charge >= 0.3 is 6.09 Å². The number of nitrogens with one attached hydrogen (secondary N) is 1. The van der Waals surface area contributed by atoms with Gasteiger partial charge in [-0.15, -0.1) is 0 Å². The van der Waals surface area contributed by atoms with Crippen LogP contribution in [0.4, 0.5) is 4.79 Å². The summed E-state index contributed by atoms with van der Waals surface area (Å²) in [6, 6.07) is 0. The number of piperidine rings is 2. The van der Waals surface area contributed by atoms with Crippen molar-refractivity contribution in [1.82, 2.24) is 15.1 Å². The summed E-state index contributed by atoms with van der Waals surface area (Å²) in [6.07, 6.45) is 4.76. The van der Waals surface area contributed by atoms with Gasteiger partial charge in [0.25, 0.3) is 0 Å². The van der Waals surface area contributed by atoms with Crippen LogP contribution in [0.2, 0.25) is 0 Å². The highest BCUT2D eigenvalue weighted by Crippen LogP contribution is 2.20. The lowest BCUT2D eigenvalue weighted by atomic mass is 9.96. The Hall–Kier alpha value is -1.30. The first-order valence-electron chi connectivity index (χ1n) is 10.2. The smallest absolute Gasteiger partial charge is 0.410 e. The van der Waals surface area contributed by atoms with E-state index in [-0.39, 0.29) is 17.9 Å². The number of carbonyl (C=O) groups excluding carboxylic acids is 2. The third kappa shape index (κ3) is 7.14. The fourth-order valence-corrected chi connectivity index (χ4v) is 3.59. The maximum absolute atomic E-state index is 12.3. The maximum Gasteiger partial charge on any atom is 0.410 e. The average molecular weight is 368 g/mol. The molecule has 0 unspecified atom stereocenters. The average Bonchev–Trinajstić information content (AvgIpc) is 2.59. The van der Waals surface area contributed by atoms with Gasteiger partial charge in [-0.05, 0) is 78.4 Å². The van der Waals surface area contributed by atoms with E-state index >= 15 is 0 Å². The molecular weight excluding hydrogens is 330 g/mol. The SMILES string of the molecule is CC1CCN(CCCNC(=O)C2CCN(C(=O)OC(C)(C)C)CC2)CC1. The molecule has 0 aliphatic carbocycles. The lowest BCUT2D eigenvalue weighted by Gasteiger charge is -2.33. The van der Waals surface area contributed by atoms with Crippen molar-refractivity contribution in [3.8, 4) is 0 Å². The monoisotopic (exact) mass is 367 g/mol. The van der Waals surface area contributed by atoms with Gasteiger partial charge in [-0.25, -0.2) is 4.79 Å². The molecule has 2 aliphatic rings. The van der Waals surface area contributed by atoms with E-state index in [2.05, 4.69) is 17.1 Å². The van der Waals surface area contributed by atoms with E-state index < -0.39 is 5.60 Å². The van der Waals surface area contributed by atoms with E-state index in [1.54, 1.807) is 4.90 Å². The highest BCUT2D eigenvalue weighted by atomic mass is 16.6. The van der Waals surface area contributed by atoms with Crippen molar-refractivity contribution in [2.45, 2.75) is 65.4 Å². The molecule has 0 radical (unpaired) electrons. The van der Waals surface area contributed by atoms with Crippen molar-refractivity contribution >= 4 is 12.0 Å². The van der Waals surface area contributed by atoms with Crippen LogP contribution in [-0.2, 0) is 9.53 Å². The van der Waals surface area contributed by atoms with E-state index in [9.17, 15) is 9.59 Å². The van der Waals surface area contributed by atoms with Crippen molar-refractivity contribution in [2.24, 2.45) is 11.8 Å². The van der Waals surface area contributed by atoms with E-state index in [0.29, 0.717) is 13.1 Å². The van der Waals surface area contributed by atoms with Gasteiger partial charge in [0.05, 0.1) is 0 Å². The van der Waals surface area contributed by atoms with E-state index in [1.165, 1.54) is 25.9 Å². The third-order valence-corrected chi connectivity index (χ3v) is 5.34. The second kappa shape index (κ2) is 9.58. The summed E-state index contributed by atoms with van der Waals surface area (Å²) in [5, 5.41) is 3.08. The largest absolute Gasteiger partial charge is 0.444 e. The molecule has 2 aliphatic heterocycles. The molecule has 0 aromatic carbocycles. The Balaban J connectivity index is 1.59. The Morgan fingerprint density at radius 2 is 1.65 bits per heavy atom. The molecule has 0 spiro atoms. The van der Waals surface area contributed by atoms with Crippen molar-refractivity contribution in [3.05, 3.63) is 0 Å². The number of amides is 2. The van der Waals surface area contributed by atoms with Gasteiger partial charge in [0.1, 0.15) is 5.60 Å². The van der Waals surface area contributed by atoms with Gasteiger partial charge in [-0.2, -0.15) is 0 Å². The molecule has 0 aromatic rings. The second-order valence-corrected chi connectivity index (χ2v) is 8.91. The summed E-state index contributed by atoms with van der Waals surface area (Å²) in [5.74, 6) is 1.02. The van der Waals surface area contributed by atoms with Gasteiger partial charge in [-0.1, -0.05) is 6.92 Å². The van der Waals surface area contributed by atoms with Crippen LogP contribution in [0.25, 0.3) is 0 Å². The number of nitrogens with zero attached hydrogens (tertiary/aromatic N) is 2. The summed E-state index contributed by atoms with van der Waals surface area (Å²) in [4.78, 5) is 28.6. The van der Waals surface area contributed by atoms with Crippen molar-refractivity contribution in [2.75, 3.05) is 39.3 Å². The predicted octanol–water partition coefficient (Wildman–Crippen LogP) is 2.87. The topological polar surface area (TPSA) is 61.9 Å². The van der Waals surface area contributed by atoms with E-state index in [1.807, 2.05) is 20.8 Å². The van der Waals surface area contributed by atoms with Crippen LogP contribution in [0.5, 0.6) is 0 Å². The lowest BCUT2D eigenvalue weighted by Crippen LogP contribution is -2.45. The third-order valence-electron chi connectivity index (χ3n) is 5.34. The summed E-state index contributed by atoms with van der Waals surface area (Å²) in [6.45, 7) is 13.3. The molecule has 2 heterocycles. The highest BCUT2D eigenvalue weighted by Gasteiger charge is 2.29. The fourth-order valence-electron chi connectivity index (χ4n) is 3.59. The van der Waals surface area contributed by atoms with Crippen LogP contribution in [-0.4, -0.2) is 66.7 Å². The van der Waals surface area contributed by atoms with Crippen LogP contribution < -0.4 is 5.32 Å². The molecular formula is C20H37N3O3. The number of carbonyl (C=O) groups is 2. The summed E-state index contributed by atoms with van der Waals surface area (Å²) in [7, 11) is 0. The Bertz CT molecular complexity index is 459. The first kappa shape index (κ1) is 21.0. The van der Waals surface area contributed by atoms with Gasteiger partial charge in [0, 0.05) is 25.6 Å². The molecule has 1 N–H and O–H groups in total. The molecule has 6 nitrogen and oxygen atoms in total. The van der Waals surface area contributed by atoms with Crippen LogP contribution in [0.1, 0.15) is 59.8 Å². The standard InChI is InChI=1S/C20H37N3O3/c1-16-6-12-22(13-7-16)11-5-10-21-18(24)17-8-14-23(15-9-17)19(25)26-20(2,3)4/h16-17H,5-15H2,1-4H3,(H,21,24). The first-order chi connectivity index (χ1) is 12.2. The molecule has 2 amide bonds. The maximum atomic E-state index is 12.3. The molecule has 0 saturated carbocycles. The summed E-state index contributed by atoms with van der Waals surface area (Å²) in [5.41, 5.74) is -0.475. The fraction of sp³-hybridized carbons (Fsp3) is 0.900. The molecule has 2 fully saturated rings. The minimum Gasteiger partial charge on any atom is -0.444 e. The minimum atomic E-state index is -0.475. The first-order valence-corrected chi connectivity index (χ1v) is 10.2. The van der Waals surface area contributed by atoms with Crippen molar-refractivity contribution in [3.63, 3.8) is 0 Å². The van der Waals surface area contributed by atoms with Gasteiger partial charge in [-0.3, -0.25) is 4.79 Å². The van der Waals surface area contributed by atoms with Crippen LogP contribution >= 0.6 is 0 Å². The molecule has 2 saturated heterocycles. The second-order valence-electron chi connectivity index (χ2n) is 8.91. The van der Waals surface area contributed by atoms with Crippen LogP contribution in [0.3, 0.4) is 0 Å². The van der Waals surface area contributed by atoms with Crippen LogP contribution in [0.15, 0.2) is 0 Å². The molecule has 0 atom stereocenters. The minimum absolute atomic E-state index is 0.0181. The number of likely N-dealkylation sites (tertiary alicyclic amines) is 2. The van der Waals surface area contributed by atoms with Crippen molar-refractivity contribution in [1.29, 1.82) is 0 Å². The predicted molar refractivity (Wildman–Crippen MR) is 103 cm³/mol. The molecule has 0 aromatic heterocycles. The number of hydrogen-bond donors (Lipinski definition) is 1. The van der Waals surface area contributed by atoms with E-state index in [0.717, 1.165) is 38.3 Å². The number of hydrogen-bond acceptors (Lipinski definition) is 4. The molecule has 150 valence electrons. The Kier molecular flexibility index (Phi) is 7.74. The van der Waals surface area contributed by atoms with Crippen molar-refractivity contribution < 1.29 is 14.3 Å². The zero-order chi connectivity index (χ0) is 19.2. The van der Waals surface area contributed by atoms with Gasteiger partial charge in [0.15, 0.2) is 0 Å². The van der Waals surface area contributed by atoms with Gasteiger partial charge < -0.3 is 19.9 Å². The molecule has 6 heteroatoms. The highest BCUT2D eigenvalue weighted by molar-refractivity contribution is 5.79. The van der Waals surface area contributed by atoms with Crippen LogP contribution in [0, 0.1) is 11.8 Å². The molecule has 0 bridgehead atoms. The Labute approximate surface area is 158 Å². The summed E-state index contributed by atoms with van der Waals surface area (Å²) < 4.78 is 5.40. The number of rotatable bonds is 5. The zero-order valence-corrected chi connectivity index (χ0v) is 17.1.